The highest BCUT2D eigenvalue weighted by Gasteiger charge is 2.26. The van der Waals surface area contributed by atoms with Gasteiger partial charge in [-0.05, 0) is 45.5 Å². The zero-order chi connectivity index (χ0) is 12.4. The first-order valence-corrected chi connectivity index (χ1v) is 6.13. The largest absolute Gasteiger partial charge is 0.326 e. The molecule has 3 nitrogen and oxygen atoms in total. The maximum absolute atomic E-state index is 12.1. The van der Waals surface area contributed by atoms with Crippen molar-refractivity contribution in [2.24, 2.45) is 5.92 Å². The molecule has 0 aromatic heterocycles. The second-order valence-electron chi connectivity index (χ2n) is 5.06. The summed E-state index contributed by atoms with van der Waals surface area (Å²) in [5.74, 6) is 0.294. The molecule has 1 aromatic carbocycles. The number of carbonyl (C=O) groups is 1. The van der Waals surface area contributed by atoms with Crippen LogP contribution in [0.25, 0.3) is 0 Å². The Morgan fingerprint density at radius 1 is 1.41 bits per heavy atom. The van der Waals surface area contributed by atoms with Gasteiger partial charge in [-0.2, -0.15) is 0 Å². The van der Waals surface area contributed by atoms with Crippen molar-refractivity contribution in [3.8, 4) is 0 Å². The van der Waals surface area contributed by atoms with Crippen LogP contribution in [-0.4, -0.2) is 30.9 Å². The van der Waals surface area contributed by atoms with Gasteiger partial charge in [0.25, 0.3) is 0 Å². The number of hydrogen-bond donors (Lipinski definition) is 1. The Balaban J connectivity index is 2.03. The van der Waals surface area contributed by atoms with E-state index < -0.39 is 0 Å². The number of anilines is 1. The fourth-order valence-corrected chi connectivity index (χ4v) is 2.34. The standard InChI is InChI=1S/C14H20N2O/c1-10-4-5-13(11(2)8-10)15-14(17)12-6-7-16(3)9-12/h4-5,8,12H,6-7,9H2,1-3H3,(H,15,17). The molecule has 17 heavy (non-hydrogen) atoms. The van der Waals surface area contributed by atoms with Crippen molar-refractivity contribution in [3.05, 3.63) is 29.3 Å². The second kappa shape index (κ2) is 4.88. The highest BCUT2D eigenvalue weighted by molar-refractivity contribution is 5.93. The Bertz CT molecular complexity index is 428. The first-order valence-electron chi connectivity index (χ1n) is 6.13. The molecular weight excluding hydrogens is 212 g/mol. The van der Waals surface area contributed by atoms with Gasteiger partial charge in [-0.1, -0.05) is 17.7 Å². The van der Waals surface area contributed by atoms with Gasteiger partial charge < -0.3 is 10.2 Å². The van der Waals surface area contributed by atoms with E-state index in [1.165, 1.54) is 5.56 Å². The number of likely N-dealkylation sites (tertiary alicyclic amines) is 1. The zero-order valence-electron chi connectivity index (χ0n) is 10.8. The van der Waals surface area contributed by atoms with E-state index in [1.807, 2.05) is 19.1 Å². The number of carbonyl (C=O) groups excluding carboxylic acids is 1. The quantitative estimate of drug-likeness (QED) is 0.847. The molecule has 1 amide bonds. The van der Waals surface area contributed by atoms with Crippen LogP contribution in [0.5, 0.6) is 0 Å². The lowest BCUT2D eigenvalue weighted by atomic mass is 10.1. The lowest BCUT2D eigenvalue weighted by molar-refractivity contribution is -0.119. The van der Waals surface area contributed by atoms with E-state index in [4.69, 9.17) is 0 Å². The number of rotatable bonds is 2. The van der Waals surface area contributed by atoms with Gasteiger partial charge in [-0.3, -0.25) is 4.79 Å². The summed E-state index contributed by atoms with van der Waals surface area (Å²) in [6.07, 6.45) is 0.966. The van der Waals surface area contributed by atoms with Gasteiger partial charge in [0, 0.05) is 12.2 Å². The van der Waals surface area contributed by atoms with Gasteiger partial charge in [0.15, 0.2) is 0 Å². The SMILES string of the molecule is Cc1ccc(NC(=O)C2CCN(C)C2)c(C)c1. The lowest BCUT2D eigenvalue weighted by Crippen LogP contribution is -2.25. The van der Waals surface area contributed by atoms with Crippen molar-refractivity contribution >= 4 is 11.6 Å². The topological polar surface area (TPSA) is 32.3 Å². The van der Waals surface area contributed by atoms with Crippen LogP contribution < -0.4 is 5.32 Å². The Kier molecular flexibility index (Phi) is 3.48. The molecule has 1 unspecified atom stereocenters. The summed E-state index contributed by atoms with van der Waals surface area (Å²) in [4.78, 5) is 14.3. The fourth-order valence-electron chi connectivity index (χ4n) is 2.34. The summed E-state index contributed by atoms with van der Waals surface area (Å²) >= 11 is 0. The highest BCUT2D eigenvalue weighted by Crippen LogP contribution is 2.20. The molecule has 0 aliphatic carbocycles. The number of hydrogen-bond acceptors (Lipinski definition) is 2. The van der Waals surface area contributed by atoms with Crippen LogP contribution in [-0.2, 0) is 4.79 Å². The summed E-state index contributed by atoms with van der Waals surface area (Å²) in [5.41, 5.74) is 3.29. The van der Waals surface area contributed by atoms with Crippen LogP contribution in [0, 0.1) is 19.8 Å². The van der Waals surface area contributed by atoms with E-state index in [0.29, 0.717) is 0 Å². The van der Waals surface area contributed by atoms with E-state index in [0.717, 1.165) is 30.8 Å². The average Bonchev–Trinajstić information content (AvgIpc) is 2.69. The predicted octanol–water partition coefficient (Wildman–Crippen LogP) is 2.19. The number of nitrogens with one attached hydrogen (secondary N) is 1. The molecule has 3 heteroatoms. The molecule has 1 heterocycles. The van der Waals surface area contributed by atoms with Crippen LogP contribution in [0.3, 0.4) is 0 Å². The van der Waals surface area contributed by atoms with Gasteiger partial charge in [-0.25, -0.2) is 0 Å². The molecule has 1 N–H and O–H groups in total. The van der Waals surface area contributed by atoms with Crippen LogP contribution in [0.1, 0.15) is 17.5 Å². The molecule has 1 fully saturated rings. The Morgan fingerprint density at radius 3 is 2.76 bits per heavy atom. The Morgan fingerprint density at radius 2 is 2.18 bits per heavy atom. The van der Waals surface area contributed by atoms with Gasteiger partial charge in [0.1, 0.15) is 0 Å². The number of nitrogens with zero attached hydrogens (tertiary/aromatic N) is 1. The van der Waals surface area contributed by atoms with Crippen LogP contribution in [0.15, 0.2) is 18.2 Å². The van der Waals surface area contributed by atoms with Crippen molar-refractivity contribution in [2.45, 2.75) is 20.3 Å². The molecule has 0 bridgehead atoms. The second-order valence-corrected chi connectivity index (χ2v) is 5.06. The number of amides is 1. The third-order valence-corrected chi connectivity index (χ3v) is 3.40. The lowest BCUT2D eigenvalue weighted by Gasteiger charge is -2.13. The first-order chi connectivity index (χ1) is 8.06. The molecular formula is C14H20N2O. The molecule has 1 saturated heterocycles. The van der Waals surface area contributed by atoms with Gasteiger partial charge >= 0.3 is 0 Å². The summed E-state index contributed by atoms with van der Waals surface area (Å²) in [7, 11) is 2.06. The molecule has 1 atom stereocenters. The molecule has 0 saturated carbocycles. The minimum atomic E-state index is 0.140. The van der Waals surface area contributed by atoms with Crippen molar-refractivity contribution in [3.63, 3.8) is 0 Å². The number of benzene rings is 1. The smallest absolute Gasteiger partial charge is 0.228 e. The Labute approximate surface area is 103 Å². The van der Waals surface area contributed by atoms with E-state index in [2.05, 4.69) is 30.3 Å². The maximum atomic E-state index is 12.1. The van der Waals surface area contributed by atoms with Gasteiger partial charge in [-0.15, -0.1) is 0 Å². The molecule has 0 radical (unpaired) electrons. The molecule has 1 aliphatic heterocycles. The van der Waals surface area contributed by atoms with Crippen molar-refractivity contribution in [1.82, 2.24) is 4.90 Å². The zero-order valence-corrected chi connectivity index (χ0v) is 10.8. The van der Waals surface area contributed by atoms with E-state index in [9.17, 15) is 4.79 Å². The van der Waals surface area contributed by atoms with Crippen LogP contribution in [0.2, 0.25) is 0 Å². The fraction of sp³-hybridized carbons (Fsp3) is 0.500. The van der Waals surface area contributed by atoms with Crippen molar-refractivity contribution in [1.29, 1.82) is 0 Å². The van der Waals surface area contributed by atoms with Crippen LogP contribution >= 0.6 is 0 Å². The predicted molar refractivity (Wildman–Crippen MR) is 70.1 cm³/mol. The Hall–Kier alpha value is -1.35. The van der Waals surface area contributed by atoms with Gasteiger partial charge in [0.2, 0.25) is 5.91 Å². The summed E-state index contributed by atoms with van der Waals surface area (Å²) < 4.78 is 0. The molecule has 2 rings (SSSR count). The first kappa shape index (κ1) is 12.1. The molecule has 0 spiro atoms. The molecule has 1 aromatic rings. The third kappa shape index (κ3) is 2.86. The monoisotopic (exact) mass is 232 g/mol. The minimum Gasteiger partial charge on any atom is -0.326 e. The maximum Gasteiger partial charge on any atom is 0.228 e. The van der Waals surface area contributed by atoms with Crippen molar-refractivity contribution in [2.75, 3.05) is 25.5 Å². The molecule has 92 valence electrons. The molecule has 1 aliphatic rings. The average molecular weight is 232 g/mol. The summed E-state index contributed by atoms with van der Waals surface area (Å²) in [5, 5.41) is 3.03. The van der Waals surface area contributed by atoms with E-state index in [1.54, 1.807) is 0 Å². The van der Waals surface area contributed by atoms with Crippen molar-refractivity contribution < 1.29 is 4.79 Å². The summed E-state index contributed by atoms with van der Waals surface area (Å²) in [6.45, 7) is 5.98. The third-order valence-electron chi connectivity index (χ3n) is 3.40. The van der Waals surface area contributed by atoms with E-state index >= 15 is 0 Å². The minimum absolute atomic E-state index is 0.140. The highest BCUT2D eigenvalue weighted by atomic mass is 16.1. The normalized spacial score (nSPS) is 20.5. The number of aryl methyl sites for hydroxylation is 2. The van der Waals surface area contributed by atoms with Gasteiger partial charge in [0.05, 0.1) is 5.92 Å². The van der Waals surface area contributed by atoms with Crippen LogP contribution in [0.4, 0.5) is 5.69 Å². The summed E-state index contributed by atoms with van der Waals surface area (Å²) in [6, 6.07) is 6.11. The van der Waals surface area contributed by atoms with E-state index in [-0.39, 0.29) is 11.8 Å².